The van der Waals surface area contributed by atoms with Gasteiger partial charge in [0.05, 0.1) is 17.1 Å². The standard InChI is InChI=1S/C28H24Cl2N2O4S/c1-20-7-5-6-8-21(20)18-32(37(34,35)25-14-11-22(29)12-15-25)19-28(33)31-26-17-23(30)13-16-27(26)36-24-9-3-2-4-10-24/h2-17H,18-19H2,1H3,(H,31,33). The maximum Gasteiger partial charge on any atom is 0.243 e. The second-order valence-corrected chi connectivity index (χ2v) is 11.1. The Morgan fingerprint density at radius 1 is 0.865 bits per heavy atom. The fraction of sp³-hybridized carbons (Fsp3) is 0.107. The molecule has 0 heterocycles. The Morgan fingerprint density at radius 3 is 2.22 bits per heavy atom. The quantitative estimate of drug-likeness (QED) is 0.243. The second kappa shape index (κ2) is 11.8. The number of benzene rings is 4. The number of rotatable bonds is 9. The Bertz CT molecular complexity index is 1490. The molecule has 0 radical (unpaired) electrons. The molecule has 0 aliphatic carbocycles. The zero-order valence-corrected chi connectivity index (χ0v) is 22.2. The third-order valence-corrected chi connectivity index (χ3v) is 7.86. The van der Waals surface area contributed by atoms with Crippen LogP contribution in [0.15, 0.2) is 102 Å². The zero-order valence-electron chi connectivity index (χ0n) is 19.9. The molecule has 0 aliphatic rings. The van der Waals surface area contributed by atoms with Gasteiger partial charge in [0.2, 0.25) is 15.9 Å². The molecule has 0 atom stereocenters. The van der Waals surface area contributed by atoms with Crippen LogP contribution in [0.3, 0.4) is 0 Å². The summed E-state index contributed by atoms with van der Waals surface area (Å²) in [6.07, 6.45) is 0. The van der Waals surface area contributed by atoms with Crippen molar-refractivity contribution in [2.24, 2.45) is 0 Å². The molecular formula is C28H24Cl2N2O4S. The highest BCUT2D eigenvalue weighted by molar-refractivity contribution is 7.89. The average Bonchev–Trinajstić information content (AvgIpc) is 2.87. The largest absolute Gasteiger partial charge is 0.455 e. The van der Waals surface area contributed by atoms with Crippen LogP contribution in [-0.4, -0.2) is 25.2 Å². The summed E-state index contributed by atoms with van der Waals surface area (Å²) >= 11 is 12.1. The number of hydrogen-bond acceptors (Lipinski definition) is 4. The minimum absolute atomic E-state index is 0.00791. The maximum absolute atomic E-state index is 13.6. The molecule has 0 fully saturated rings. The zero-order chi connectivity index (χ0) is 26.4. The molecule has 4 aromatic carbocycles. The van der Waals surface area contributed by atoms with Crippen LogP contribution in [-0.2, 0) is 21.4 Å². The molecule has 0 saturated heterocycles. The van der Waals surface area contributed by atoms with E-state index in [9.17, 15) is 13.2 Å². The van der Waals surface area contributed by atoms with E-state index in [1.807, 2.05) is 49.4 Å². The number of nitrogens with one attached hydrogen (secondary N) is 1. The van der Waals surface area contributed by atoms with Gasteiger partial charge >= 0.3 is 0 Å². The Kier molecular flexibility index (Phi) is 8.51. The van der Waals surface area contributed by atoms with Gasteiger partial charge in [-0.3, -0.25) is 4.79 Å². The number of aryl methyl sites for hydroxylation is 1. The summed E-state index contributed by atoms with van der Waals surface area (Å²) in [4.78, 5) is 13.2. The van der Waals surface area contributed by atoms with Crippen molar-refractivity contribution in [3.05, 3.63) is 118 Å². The number of nitrogens with zero attached hydrogens (tertiary/aromatic N) is 1. The van der Waals surface area contributed by atoms with Crippen LogP contribution in [0.25, 0.3) is 0 Å². The number of amides is 1. The number of sulfonamides is 1. The molecule has 9 heteroatoms. The van der Waals surface area contributed by atoms with Crippen LogP contribution < -0.4 is 10.1 Å². The van der Waals surface area contributed by atoms with Crippen molar-refractivity contribution >= 4 is 44.8 Å². The van der Waals surface area contributed by atoms with E-state index < -0.39 is 22.5 Å². The summed E-state index contributed by atoms with van der Waals surface area (Å²) in [5, 5.41) is 3.56. The minimum atomic E-state index is -4.03. The topological polar surface area (TPSA) is 75.7 Å². The van der Waals surface area contributed by atoms with Gasteiger partial charge in [-0.2, -0.15) is 4.31 Å². The summed E-state index contributed by atoms with van der Waals surface area (Å²) in [7, 11) is -4.03. The third-order valence-electron chi connectivity index (χ3n) is 5.57. The Labute approximate surface area is 226 Å². The van der Waals surface area contributed by atoms with Crippen LogP contribution in [0.2, 0.25) is 10.0 Å². The predicted molar refractivity (Wildman–Crippen MR) is 147 cm³/mol. The number of carbonyl (C=O) groups is 1. The lowest BCUT2D eigenvalue weighted by atomic mass is 10.1. The van der Waals surface area contributed by atoms with E-state index in [-0.39, 0.29) is 11.4 Å². The van der Waals surface area contributed by atoms with Crippen LogP contribution >= 0.6 is 23.2 Å². The summed E-state index contributed by atoms with van der Waals surface area (Å²) in [5.74, 6) is 0.396. The van der Waals surface area contributed by atoms with Gasteiger partial charge < -0.3 is 10.1 Å². The van der Waals surface area contributed by atoms with Crippen molar-refractivity contribution in [2.75, 3.05) is 11.9 Å². The van der Waals surface area contributed by atoms with Crippen molar-refractivity contribution in [3.8, 4) is 11.5 Å². The summed E-state index contributed by atoms with van der Waals surface area (Å²) in [5.41, 5.74) is 2.01. The molecule has 0 unspecified atom stereocenters. The highest BCUT2D eigenvalue weighted by Gasteiger charge is 2.28. The molecule has 0 saturated carbocycles. The van der Waals surface area contributed by atoms with Gasteiger partial charge in [0.25, 0.3) is 0 Å². The molecule has 1 amide bonds. The smallest absolute Gasteiger partial charge is 0.243 e. The molecule has 0 aliphatic heterocycles. The van der Waals surface area contributed by atoms with Crippen LogP contribution in [0.4, 0.5) is 5.69 Å². The van der Waals surface area contributed by atoms with E-state index in [2.05, 4.69) is 5.32 Å². The first-order chi connectivity index (χ1) is 17.7. The Morgan fingerprint density at radius 2 is 1.51 bits per heavy atom. The van der Waals surface area contributed by atoms with Crippen LogP contribution in [0.5, 0.6) is 11.5 Å². The lowest BCUT2D eigenvalue weighted by Gasteiger charge is -2.23. The lowest BCUT2D eigenvalue weighted by molar-refractivity contribution is -0.116. The predicted octanol–water partition coefficient (Wildman–Crippen LogP) is 6.92. The van der Waals surface area contributed by atoms with E-state index >= 15 is 0 Å². The number of para-hydroxylation sites is 1. The molecule has 0 spiro atoms. The molecular weight excluding hydrogens is 531 g/mol. The van der Waals surface area contributed by atoms with Crippen molar-refractivity contribution in [3.63, 3.8) is 0 Å². The van der Waals surface area contributed by atoms with Gasteiger partial charge in [0.15, 0.2) is 5.75 Å². The first kappa shape index (κ1) is 26.7. The van der Waals surface area contributed by atoms with E-state index in [1.54, 1.807) is 30.3 Å². The SMILES string of the molecule is Cc1ccccc1CN(CC(=O)Nc1cc(Cl)ccc1Oc1ccccc1)S(=O)(=O)c1ccc(Cl)cc1. The second-order valence-electron chi connectivity index (χ2n) is 8.26. The van der Waals surface area contributed by atoms with Gasteiger partial charge in [0, 0.05) is 16.6 Å². The molecule has 4 aromatic rings. The molecule has 6 nitrogen and oxygen atoms in total. The summed E-state index contributed by atoms with van der Waals surface area (Å²) in [6, 6.07) is 27.2. The number of carbonyl (C=O) groups excluding carboxylic acids is 1. The summed E-state index contributed by atoms with van der Waals surface area (Å²) in [6.45, 7) is 1.46. The van der Waals surface area contributed by atoms with E-state index in [4.69, 9.17) is 27.9 Å². The number of halogens is 2. The normalized spacial score (nSPS) is 11.4. The fourth-order valence-corrected chi connectivity index (χ4v) is 5.29. The molecule has 1 N–H and O–H groups in total. The van der Waals surface area contributed by atoms with Gasteiger partial charge in [0.1, 0.15) is 5.75 Å². The molecule has 190 valence electrons. The molecule has 37 heavy (non-hydrogen) atoms. The molecule has 0 bridgehead atoms. The highest BCUT2D eigenvalue weighted by atomic mass is 35.5. The van der Waals surface area contributed by atoms with Gasteiger partial charge in [-0.1, -0.05) is 65.7 Å². The van der Waals surface area contributed by atoms with Crippen LogP contribution in [0.1, 0.15) is 11.1 Å². The van der Waals surface area contributed by atoms with Gasteiger partial charge in [-0.15, -0.1) is 0 Å². The summed E-state index contributed by atoms with van der Waals surface area (Å²) < 4.78 is 34.2. The monoisotopic (exact) mass is 554 g/mol. The van der Waals surface area contributed by atoms with Crippen molar-refractivity contribution in [1.29, 1.82) is 0 Å². The Hall–Kier alpha value is -3.36. The van der Waals surface area contributed by atoms with Crippen LogP contribution in [0, 0.1) is 6.92 Å². The van der Waals surface area contributed by atoms with Gasteiger partial charge in [-0.05, 0) is 72.6 Å². The van der Waals surface area contributed by atoms with Crippen molar-refractivity contribution in [1.82, 2.24) is 4.31 Å². The molecule has 4 rings (SSSR count). The van der Waals surface area contributed by atoms with E-state index in [1.165, 1.54) is 24.3 Å². The fourth-order valence-electron chi connectivity index (χ4n) is 3.61. The van der Waals surface area contributed by atoms with Gasteiger partial charge in [-0.25, -0.2) is 8.42 Å². The maximum atomic E-state index is 13.6. The number of anilines is 1. The van der Waals surface area contributed by atoms with Crippen molar-refractivity contribution in [2.45, 2.75) is 18.4 Å². The average molecular weight is 555 g/mol. The minimum Gasteiger partial charge on any atom is -0.455 e. The lowest BCUT2D eigenvalue weighted by Crippen LogP contribution is -2.37. The van der Waals surface area contributed by atoms with Crippen molar-refractivity contribution < 1.29 is 17.9 Å². The van der Waals surface area contributed by atoms with E-state index in [0.29, 0.717) is 27.2 Å². The Balaban J connectivity index is 1.61. The first-order valence-corrected chi connectivity index (χ1v) is 13.5. The third kappa shape index (κ3) is 6.90. The molecule has 0 aromatic heterocycles. The number of hydrogen-bond donors (Lipinski definition) is 1. The van der Waals surface area contributed by atoms with E-state index in [0.717, 1.165) is 15.4 Å². The highest BCUT2D eigenvalue weighted by Crippen LogP contribution is 2.32. The first-order valence-electron chi connectivity index (χ1n) is 11.3. The number of ether oxygens (including phenoxy) is 1.